The number of hydrogen-bond donors (Lipinski definition) is 2. The van der Waals surface area contributed by atoms with E-state index in [1.165, 1.54) is 0 Å². The number of hydrogen-bond acceptors (Lipinski definition) is 3. The topological polar surface area (TPSA) is 35.5 Å². The van der Waals surface area contributed by atoms with E-state index in [4.69, 9.17) is 5.11 Å². The highest BCUT2D eigenvalue weighted by Gasteiger charge is 1.98. The molecule has 0 rings (SSSR count). The smallest absolute Gasteiger partial charge is 0.0555 e. The second kappa shape index (κ2) is 10.4. The Morgan fingerprint density at radius 3 is 2.29 bits per heavy atom. The van der Waals surface area contributed by atoms with Gasteiger partial charge in [0, 0.05) is 19.6 Å². The highest BCUT2D eigenvalue weighted by Crippen LogP contribution is 1.91. The molecule has 0 aliphatic rings. The molecule has 0 heterocycles. The largest absolute Gasteiger partial charge is 0.395 e. The minimum atomic E-state index is 0.211. The van der Waals surface area contributed by atoms with E-state index in [1.807, 2.05) is 12.2 Å². The Morgan fingerprint density at radius 2 is 1.79 bits per heavy atom. The average Bonchev–Trinajstić information content (AvgIpc) is 2.18. The lowest BCUT2D eigenvalue weighted by Gasteiger charge is -2.18. The second-order valence-corrected chi connectivity index (χ2v) is 3.16. The van der Waals surface area contributed by atoms with Crippen molar-refractivity contribution in [3.05, 3.63) is 25.3 Å². The van der Waals surface area contributed by atoms with Crippen LogP contribution in [0.1, 0.15) is 6.42 Å². The van der Waals surface area contributed by atoms with E-state index < -0.39 is 0 Å². The Kier molecular flexibility index (Phi) is 9.96. The third kappa shape index (κ3) is 7.98. The van der Waals surface area contributed by atoms with Crippen LogP contribution >= 0.6 is 0 Å². The summed E-state index contributed by atoms with van der Waals surface area (Å²) in [4.78, 5) is 2.28. The Hall–Kier alpha value is -0.640. The SMILES string of the molecule is C=CCN(CC=C)CCCNCCO. The summed E-state index contributed by atoms with van der Waals surface area (Å²) in [6.07, 6.45) is 4.90. The molecule has 0 aromatic carbocycles. The molecule has 0 fully saturated rings. The van der Waals surface area contributed by atoms with E-state index in [1.54, 1.807) is 0 Å². The molecule has 3 nitrogen and oxygen atoms in total. The van der Waals surface area contributed by atoms with Crippen molar-refractivity contribution in [1.29, 1.82) is 0 Å². The van der Waals surface area contributed by atoms with Crippen LogP contribution in [0.5, 0.6) is 0 Å². The second-order valence-electron chi connectivity index (χ2n) is 3.16. The summed E-state index contributed by atoms with van der Waals surface area (Å²) in [7, 11) is 0. The summed E-state index contributed by atoms with van der Waals surface area (Å²) in [6, 6.07) is 0. The first-order valence-electron chi connectivity index (χ1n) is 5.11. The normalized spacial score (nSPS) is 10.4. The summed E-state index contributed by atoms with van der Waals surface area (Å²) in [5, 5.41) is 11.7. The Balaban J connectivity index is 3.39. The van der Waals surface area contributed by atoms with E-state index in [0.29, 0.717) is 6.54 Å². The summed E-state index contributed by atoms with van der Waals surface area (Å²) in [5.74, 6) is 0. The Labute approximate surface area is 87.1 Å². The van der Waals surface area contributed by atoms with Gasteiger partial charge in [0.2, 0.25) is 0 Å². The molecule has 0 radical (unpaired) electrons. The summed E-state index contributed by atoms with van der Waals surface area (Å²) < 4.78 is 0. The highest BCUT2D eigenvalue weighted by molar-refractivity contribution is 4.79. The van der Waals surface area contributed by atoms with E-state index in [9.17, 15) is 0 Å². The first-order chi connectivity index (χ1) is 6.85. The molecular weight excluding hydrogens is 176 g/mol. The van der Waals surface area contributed by atoms with Crippen LogP contribution in [0.4, 0.5) is 0 Å². The molecule has 0 atom stereocenters. The van der Waals surface area contributed by atoms with Crippen molar-refractivity contribution in [3.8, 4) is 0 Å². The molecule has 82 valence electrons. The number of aliphatic hydroxyl groups is 1. The molecule has 0 aliphatic carbocycles. The van der Waals surface area contributed by atoms with Gasteiger partial charge in [0.1, 0.15) is 0 Å². The lowest BCUT2D eigenvalue weighted by molar-refractivity contribution is 0.287. The van der Waals surface area contributed by atoms with E-state index in [2.05, 4.69) is 23.4 Å². The van der Waals surface area contributed by atoms with Gasteiger partial charge < -0.3 is 10.4 Å². The fourth-order valence-electron chi connectivity index (χ4n) is 1.25. The molecular formula is C11H22N2O. The zero-order valence-electron chi connectivity index (χ0n) is 8.91. The predicted molar refractivity (Wildman–Crippen MR) is 61.4 cm³/mol. The van der Waals surface area contributed by atoms with Crippen LogP contribution in [0.15, 0.2) is 25.3 Å². The molecule has 0 unspecified atom stereocenters. The van der Waals surface area contributed by atoms with Crippen molar-refractivity contribution in [3.63, 3.8) is 0 Å². The van der Waals surface area contributed by atoms with Crippen molar-refractivity contribution < 1.29 is 5.11 Å². The van der Waals surface area contributed by atoms with Crippen LogP contribution in [-0.4, -0.2) is 49.3 Å². The molecule has 0 spiro atoms. The first-order valence-corrected chi connectivity index (χ1v) is 5.11. The summed E-state index contributed by atoms with van der Waals surface area (Å²) in [5.41, 5.74) is 0. The quantitative estimate of drug-likeness (QED) is 0.399. The van der Waals surface area contributed by atoms with Gasteiger partial charge in [-0.2, -0.15) is 0 Å². The third-order valence-electron chi connectivity index (χ3n) is 1.89. The molecule has 2 N–H and O–H groups in total. The molecule has 0 bridgehead atoms. The predicted octanol–water partition coefficient (Wildman–Crippen LogP) is 0.632. The molecule has 0 amide bonds. The van der Waals surface area contributed by atoms with Gasteiger partial charge in [0.05, 0.1) is 6.61 Å². The Bertz CT molecular complexity index is 138. The number of rotatable bonds is 10. The fraction of sp³-hybridized carbons (Fsp3) is 0.636. The first kappa shape index (κ1) is 13.4. The molecule has 3 heteroatoms. The van der Waals surface area contributed by atoms with E-state index in [0.717, 1.165) is 32.6 Å². The molecule has 0 aromatic rings. The van der Waals surface area contributed by atoms with Gasteiger partial charge in [-0.15, -0.1) is 13.2 Å². The van der Waals surface area contributed by atoms with E-state index >= 15 is 0 Å². The maximum Gasteiger partial charge on any atom is 0.0555 e. The lowest BCUT2D eigenvalue weighted by Crippen LogP contribution is -2.28. The van der Waals surface area contributed by atoms with E-state index in [-0.39, 0.29) is 6.61 Å². The number of nitrogens with one attached hydrogen (secondary N) is 1. The molecule has 0 aliphatic heterocycles. The number of aliphatic hydroxyl groups excluding tert-OH is 1. The maximum absolute atomic E-state index is 8.54. The molecule has 0 saturated carbocycles. The van der Waals surface area contributed by atoms with Crippen LogP contribution in [0.25, 0.3) is 0 Å². The van der Waals surface area contributed by atoms with Crippen LogP contribution in [0.3, 0.4) is 0 Å². The molecule has 14 heavy (non-hydrogen) atoms. The monoisotopic (exact) mass is 198 g/mol. The van der Waals surface area contributed by atoms with Crippen molar-refractivity contribution in [2.24, 2.45) is 0 Å². The van der Waals surface area contributed by atoms with Gasteiger partial charge in [-0.25, -0.2) is 0 Å². The average molecular weight is 198 g/mol. The minimum absolute atomic E-state index is 0.211. The van der Waals surface area contributed by atoms with Crippen molar-refractivity contribution in [2.45, 2.75) is 6.42 Å². The van der Waals surface area contributed by atoms with Crippen molar-refractivity contribution in [1.82, 2.24) is 10.2 Å². The van der Waals surface area contributed by atoms with Gasteiger partial charge >= 0.3 is 0 Å². The van der Waals surface area contributed by atoms with Crippen LogP contribution in [0, 0.1) is 0 Å². The van der Waals surface area contributed by atoms with Gasteiger partial charge in [-0.05, 0) is 19.5 Å². The van der Waals surface area contributed by atoms with Gasteiger partial charge in [-0.1, -0.05) is 12.2 Å². The van der Waals surface area contributed by atoms with Gasteiger partial charge in [-0.3, -0.25) is 4.90 Å². The fourth-order valence-corrected chi connectivity index (χ4v) is 1.25. The van der Waals surface area contributed by atoms with Crippen molar-refractivity contribution in [2.75, 3.05) is 39.3 Å². The van der Waals surface area contributed by atoms with Crippen LogP contribution < -0.4 is 5.32 Å². The summed E-state index contributed by atoms with van der Waals surface area (Å²) in [6.45, 7) is 12.1. The zero-order valence-corrected chi connectivity index (χ0v) is 8.91. The lowest BCUT2D eigenvalue weighted by atomic mass is 10.3. The van der Waals surface area contributed by atoms with Crippen LogP contribution in [-0.2, 0) is 0 Å². The van der Waals surface area contributed by atoms with Gasteiger partial charge in [0.15, 0.2) is 0 Å². The highest BCUT2D eigenvalue weighted by atomic mass is 16.3. The van der Waals surface area contributed by atoms with Crippen molar-refractivity contribution >= 4 is 0 Å². The minimum Gasteiger partial charge on any atom is -0.395 e. The third-order valence-corrected chi connectivity index (χ3v) is 1.89. The Morgan fingerprint density at radius 1 is 1.14 bits per heavy atom. The van der Waals surface area contributed by atoms with Gasteiger partial charge in [0.25, 0.3) is 0 Å². The summed E-state index contributed by atoms with van der Waals surface area (Å²) >= 11 is 0. The molecule has 0 saturated heterocycles. The maximum atomic E-state index is 8.54. The number of nitrogens with zero attached hydrogens (tertiary/aromatic N) is 1. The molecule has 0 aromatic heterocycles. The van der Waals surface area contributed by atoms with Crippen LogP contribution in [0.2, 0.25) is 0 Å². The standard InChI is InChI=1S/C11H22N2O/c1-3-8-13(9-4-2)10-5-6-12-7-11-14/h3-4,12,14H,1-2,5-11H2. The zero-order chi connectivity index (χ0) is 10.6.